The third-order valence-corrected chi connectivity index (χ3v) is 3.38. The third-order valence-electron chi connectivity index (χ3n) is 3.38. The number of carboxylic acid groups (broad SMARTS) is 1. The highest BCUT2D eigenvalue weighted by atomic mass is 16.5. The molecule has 1 saturated carbocycles. The third kappa shape index (κ3) is 3.23. The Kier molecular flexibility index (Phi) is 4.49. The van der Waals surface area contributed by atoms with Crippen molar-refractivity contribution >= 4 is 17.8 Å². The van der Waals surface area contributed by atoms with Crippen LogP contribution in [0.4, 0.5) is 5.82 Å². The monoisotopic (exact) mass is 279 g/mol. The normalized spacial score (nSPS) is 15.1. The van der Waals surface area contributed by atoms with Crippen molar-refractivity contribution in [3.05, 3.63) is 18.1 Å². The quantitative estimate of drug-likeness (QED) is 0.806. The average Bonchev–Trinajstić information content (AvgIpc) is 2.97. The molecule has 1 aromatic rings. The van der Waals surface area contributed by atoms with Gasteiger partial charge < -0.3 is 14.7 Å². The minimum absolute atomic E-state index is 0.0818. The number of nitrogens with zero attached hydrogens (tertiary/aromatic N) is 3. The number of aliphatic carboxylic acids is 1. The maximum atomic E-state index is 11.5. The Bertz CT molecular complexity index is 500. The van der Waals surface area contributed by atoms with Gasteiger partial charge in [0.05, 0.1) is 19.5 Å². The highest BCUT2D eigenvalue weighted by Crippen LogP contribution is 2.26. The smallest absolute Gasteiger partial charge is 0.358 e. The first-order chi connectivity index (χ1) is 9.61. The average molecular weight is 279 g/mol. The summed E-state index contributed by atoms with van der Waals surface area (Å²) in [6, 6.07) is 0.133. The molecule has 0 radical (unpaired) electrons. The molecule has 20 heavy (non-hydrogen) atoms. The van der Waals surface area contributed by atoms with Crippen molar-refractivity contribution in [3.8, 4) is 0 Å². The van der Waals surface area contributed by atoms with Crippen LogP contribution in [0.2, 0.25) is 0 Å². The number of hydrogen-bond donors (Lipinski definition) is 1. The minimum atomic E-state index is -0.929. The molecule has 0 bridgehead atoms. The van der Waals surface area contributed by atoms with Gasteiger partial charge in [-0.2, -0.15) is 0 Å². The van der Waals surface area contributed by atoms with Crippen molar-refractivity contribution in [3.63, 3.8) is 0 Å². The molecule has 7 nitrogen and oxygen atoms in total. The minimum Gasteiger partial charge on any atom is -0.480 e. The Morgan fingerprint density at radius 3 is 2.70 bits per heavy atom. The van der Waals surface area contributed by atoms with E-state index < -0.39 is 11.9 Å². The summed E-state index contributed by atoms with van der Waals surface area (Å²) in [5, 5.41) is 9.05. The van der Waals surface area contributed by atoms with Crippen molar-refractivity contribution in [1.82, 2.24) is 9.97 Å². The molecular formula is C13H17N3O4. The van der Waals surface area contributed by atoms with Gasteiger partial charge in [-0.05, 0) is 12.8 Å². The van der Waals surface area contributed by atoms with E-state index in [9.17, 15) is 9.59 Å². The molecule has 0 amide bonds. The first-order valence-electron chi connectivity index (χ1n) is 6.50. The van der Waals surface area contributed by atoms with Crippen LogP contribution in [-0.2, 0) is 9.53 Å². The molecule has 2 rings (SSSR count). The molecular weight excluding hydrogens is 262 g/mol. The van der Waals surface area contributed by atoms with Crippen molar-refractivity contribution in [1.29, 1.82) is 0 Å². The van der Waals surface area contributed by atoms with Gasteiger partial charge in [-0.1, -0.05) is 12.8 Å². The van der Waals surface area contributed by atoms with Crippen LogP contribution in [0.15, 0.2) is 12.4 Å². The molecule has 1 aromatic heterocycles. The summed E-state index contributed by atoms with van der Waals surface area (Å²) in [7, 11) is 1.27. The molecule has 1 fully saturated rings. The van der Waals surface area contributed by atoms with E-state index in [1.165, 1.54) is 19.5 Å². The van der Waals surface area contributed by atoms with Crippen LogP contribution in [0.1, 0.15) is 36.2 Å². The summed E-state index contributed by atoms with van der Waals surface area (Å²) >= 11 is 0. The molecule has 0 aliphatic heterocycles. The van der Waals surface area contributed by atoms with Crippen LogP contribution < -0.4 is 4.90 Å². The van der Waals surface area contributed by atoms with Crippen LogP contribution in [0.25, 0.3) is 0 Å². The second kappa shape index (κ2) is 6.31. The largest absolute Gasteiger partial charge is 0.480 e. The van der Waals surface area contributed by atoms with Gasteiger partial charge in [-0.15, -0.1) is 0 Å². The topological polar surface area (TPSA) is 92.6 Å². The summed E-state index contributed by atoms with van der Waals surface area (Å²) < 4.78 is 4.60. The molecule has 0 aromatic carbocycles. The highest BCUT2D eigenvalue weighted by molar-refractivity contribution is 5.87. The maximum absolute atomic E-state index is 11.5. The lowest BCUT2D eigenvalue weighted by molar-refractivity contribution is -0.135. The standard InChI is InChI=1S/C13H17N3O4/c1-20-13(19)10-6-14-7-11(15-10)16(8-12(17)18)9-4-2-3-5-9/h6-7,9H,2-5,8H2,1H3,(H,17,18). The summed E-state index contributed by atoms with van der Waals surface area (Å²) in [6.45, 7) is -0.149. The van der Waals surface area contributed by atoms with Crippen LogP contribution >= 0.6 is 0 Å². The summed E-state index contributed by atoms with van der Waals surface area (Å²) in [5.74, 6) is -1.11. The number of rotatable bonds is 5. The molecule has 108 valence electrons. The molecule has 1 N–H and O–H groups in total. The first kappa shape index (κ1) is 14.2. The summed E-state index contributed by atoms with van der Waals surface area (Å²) in [6.07, 6.45) is 6.79. The number of carboxylic acids is 1. The maximum Gasteiger partial charge on any atom is 0.358 e. The predicted molar refractivity (Wildman–Crippen MR) is 70.6 cm³/mol. The SMILES string of the molecule is COC(=O)c1cncc(N(CC(=O)O)C2CCCC2)n1. The molecule has 0 atom stereocenters. The summed E-state index contributed by atoms with van der Waals surface area (Å²) in [5.41, 5.74) is 0.0818. The van der Waals surface area contributed by atoms with Gasteiger partial charge in [0.25, 0.3) is 0 Å². The second-order valence-corrected chi connectivity index (χ2v) is 4.71. The van der Waals surface area contributed by atoms with Crippen molar-refractivity contribution in [2.45, 2.75) is 31.7 Å². The fourth-order valence-electron chi connectivity index (χ4n) is 2.46. The molecule has 1 heterocycles. The van der Waals surface area contributed by atoms with Gasteiger partial charge in [0.15, 0.2) is 5.69 Å². The highest BCUT2D eigenvalue weighted by Gasteiger charge is 2.26. The van der Waals surface area contributed by atoms with E-state index >= 15 is 0 Å². The lowest BCUT2D eigenvalue weighted by Gasteiger charge is -2.28. The van der Waals surface area contributed by atoms with Gasteiger partial charge in [0, 0.05) is 6.04 Å². The zero-order valence-corrected chi connectivity index (χ0v) is 11.3. The first-order valence-corrected chi connectivity index (χ1v) is 6.50. The molecule has 0 spiro atoms. The molecule has 7 heteroatoms. The van der Waals surface area contributed by atoms with E-state index in [0.29, 0.717) is 5.82 Å². The number of aromatic nitrogens is 2. The molecule has 0 saturated heterocycles. The number of esters is 1. The Morgan fingerprint density at radius 1 is 1.40 bits per heavy atom. The van der Waals surface area contributed by atoms with Crippen LogP contribution in [0, 0.1) is 0 Å². The predicted octanol–water partition coefficient (Wildman–Crippen LogP) is 1.10. The number of hydrogen-bond acceptors (Lipinski definition) is 6. The van der Waals surface area contributed by atoms with Crippen LogP contribution in [0.3, 0.4) is 0 Å². The van der Waals surface area contributed by atoms with E-state index in [2.05, 4.69) is 14.7 Å². The van der Waals surface area contributed by atoms with E-state index in [0.717, 1.165) is 25.7 Å². The fraction of sp³-hybridized carbons (Fsp3) is 0.538. The Morgan fingerprint density at radius 2 is 2.10 bits per heavy atom. The molecule has 1 aliphatic rings. The zero-order valence-electron chi connectivity index (χ0n) is 11.3. The van der Waals surface area contributed by atoms with Crippen LogP contribution in [0.5, 0.6) is 0 Å². The van der Waals surface area contributed by atoms with E-state index in [1.807, 2.05) is 0 Å². The number of carbonyl (C=O) groups excluding carboxylic acids is 1. The van der Waals surface area contributed by atoms with Gasteiger partial charge in [0.1, 0.15) is 12.4 Å². The molecule has 0 unspecified atom stereocenters. The van der Waals surface area contributed by atoms with Gasteiger partial charge in [0.2, 0.25) is 0 Å². The Labute approximate surface area is 116 Å². The van der Waals surface area contributed by atoms with Gasteiger partial charge in [-0.3, -0.25) is 9.78 Å². The van der Waals surface area contributed by atoms with Crippen LogP contribution in [-0.4, -0.2) is 46.7 Å². The van der Waals surface area contributed by atoms with Crippen molar-refractivity contribution < 1.29 is 19.4 Å². The lowest BCUT2D eigenvalue weighted by atomic mass is 10.2. The number of methoxy groups -OCH3 is 1. The number of ether oxygens (including phenoxy) is 1. The Hall–Kier alpha value is -2.18. The van der Waals surface area contributed by atoms with Gasteiger partial charge in [-0.25, -0.2) is 9.78 Å². The second-order valence-electron chi connectivity index (χ2n) is 4.71. The molecule has 1 aliphatic carbocycles. The van der Waals surface area contributed by atoms with E-state index in [1.54, 1.807) is 4.90 Å². The number of carbonyl (C=O) groups is 2. The lowest BCUT2D eigenvalue weighted by Crippen LogP contribution is -2.38. The number of anilines is 1. The summed E-state index contributed by atoms with van der Waals surface area (Å²) in [4.78, 5) is 32.3. The van der Waals surface area contributed by atoms with Gasteiger partial charge >= 0.3 is 11.9 Å². The van der Waals surface area contributed by atoms with E-state index in [-0.39, 0.29) is 18.3 Å². The van der Waals surface area contributed by atoms with Crippen molar-refractivity contribution in [2.75, 3.05) is 18.6 Å². The zero-order chi connectivity index (χ0) is 14.5. The van der Waals surface area contributed by atoms with Crippen molar-refractivity contribution in [2.24, 2.45) is 0 Å². The fourth-order valence-corrected chi connectivity index (χ4v) is 2.46. The Balaban J connectivity index is 2.27. The van der Waals surface area contributed by atoms with E-state index in [4.69, 9.17) is 5.11 Å².